The second-order valence-electron chi connectivity index (χ2n) is 5.08. The first-order valence-electron chi connectivity index (χ1n) is 6.90. The molecule has 0 bridgehead atoms. The van der Waals surface area contributed by atoms with Crippen LogP contribution in [0.2, 0.25) is 0 Å². The van der Waals surface area contributed by atoms with E-state index >= 15 is 0 Å². The van der Waals surface area contributed by atoms with Gasteiger partial charge in [-0.3, -0.25) is 4.90 Å². The maximum absolute atomic E-state index is 5.69. The molecule has 0 saturated carbocycles. The average molecular weight is 248 g/mol. The van der Waals surface area contributed by atoms with E-state index in [-0.39, 0.29) is 0 Å². The first-order valence-corrected chi connectivity index (χ1v) is 6.90. The Morgan fingerprint density at radius 1 is 1.33 bits per heavy atom. The van der Waals surface area contributed by atoms with Gasteiger partial charge in [-0.15, -0.1) is 0 Å². The lowest BCUT2D eigenvalue weighted by Crippen LogP contribution is -2.30. The van der Waals surface area contributed by atoms with Crippen LogP contribution in [-0.2, 0) is 17.7 Å². The van der Waals surface area contributed by atoms with E-state index in [2.05, 4.69) is 36.1 Å². The molecule has 18 heavy (non-hydrogen) atoms. The highest BCUT2D eigenvalue weighted by Crippen LogP contribution is 2.14. The zero-order chi connectivity index (χ0) is 12.8. The maximum atomic E-state index is 5.69. The molecular formula is C15H24N2O. The van der Waals surface area contributed by atoms with Crippen LogP contribution in [0.1, 0.15) is 24.5 Å². The van der Waals surface area contributed by atoms with Gasteiger partial charge in [-0.1, -0.05) is 24.3 Å². The van der Waals surface area contributed by atoms with Crippen LogP contribution in [-0.4, -0.2) is 37.2 Å². The Morgan fingerprint density at radius 3 is 2.89 bits per heavy atom. The summed E-state index contributed by atoms with van der Waals surface area (Å²) >= 11 is 0. The highest BCUT2D eigenvalue weighted by Gasteiger charge is 2.15. The predicted octanol–water partition coefficient (Wildman–Crippen LogP) is 1.80. The van der Waals surface area contributed by atoms with Gasteiger partial charge in [0.25, 0.3) is 0 Å². The zero-order valence-corrected chi connectivity index (χ0v) is 11.3. The highest BCUT2D eigenvalue weighted by molar-refractivity contribution is 5.27. The minimum absolute atomic E-state index is 0.342. The maximum Gasteiger partial charge on any atom is 0.0674 e. The molecule has 1 saturated heterocycles. The Bertz CT molecular complexity index is 367. The van der Waals surface area contributed by atoms with E-state index in [9.17, 15) is 0 Å². The van der Waals surface area contributed by atoms with Gasteiger partial charge in [0, 0.05) is 26.2 Å². The second-order valence-corrected chi connectivity index (χ2v) is 5.08. The molecule has 1 fully saturated rings. The van der Waals surface area contributed by atoms with E-state index in [0.717, 1.165) is 45.6 Å². The van der Waals surface area contributed by atoms with Gasteiger partial charge in [-0.05, 0) is 37.4 Å². The smallest absolute Gasteiger partial charge is 0.0674 e. The van der Waals surface area contributed by atoms with Gasteiger partial charge in [0.05, 0.1) is 6.10 Å². The summed E-state index contributed by atoms with van der Waals surface area (Å²) in [4.78, 5) is 2.49. The van der Waals surface area contributed by atoms with Crippen molar-refractivity contribution in [2.75, 3.05) is 26.2 Å². The fraction of sp³-hybridized carbons (Fsp3) is 0.600. The summed E-state index contributed by atoms with van der Waals surface area (Å²) in [6, 6.07) is 8.64. The number of nitrogens with zero attached hydrogens (tertiary/aromatic N) is 1. The van der Waals surface area contributed by atoms with E-state index < -0.39 is 0 Å². The molecule has 0 aromatic heterocycles. The van der Waals surface area contributed by atoms with Crippen molar-refractivity contribution in [3.63, 3.8) is 0 Å². The molecule has 2 rings (SSSR count). The molecule has 1 aliphatic heterocycles. The van der Waals surface area contributed by atoms with Gasteiger partial charge in [-0.2, -0.15) is 0 Å². The van der Waals surface area contributed by atoms with Gasteiger partial charge in [0.2, 0.25) is 0 Å². The van der Waals surface area contributed by atoms with E-state index in [1.807, 2.05) is 0 Å². The summed E-state index contributed by atoms with van der Waals surface area (Å²) in [5.74, 6) is 0. The molecular weight excluding hydrogens is 224 g/mol. The fourth-order valence-corrected chi connectivity index (χ4v) is 2.58. The molecule has 1 atom stereocenters. The van der Waals surface area contributed by atoms with E-state index in [1.54, 1.807) is 0 Å². The molecule has 0 radical (unpaired) electrons. The summed E-state index contributed by atoms with van der Waals surface area (Å²) < 4.78 is 5.69. The predicted molar refractivity (Wildman–Crippen MR) is 74.5 cm³/mol. The van der Waals surface area contributed by atoms with Crippen molar-refractivity contribution in [3.8, 4) is 0 Å². The van der Waals surface area contributed by atoms with Gasteiger partial charge in [0.1, 0.15) is 0 Å². The summed E-state index contributed by atoms with van der Waals surface area (Å²) in [6.45, 7) is 6.94. The third-order valence-electron chi connectivity index (χ3n) is 3.46. The molecule has 0 aliphatic carbocycles. The number of hydrogen-bond donors (Lipinski definition) is 1. The van der Waals surface area contributed by atoms with Crippen LogP contribution >= 0.6 is 0 Å². The Balaban J connectivity index is 2.03. The van der Waals surface area contributed by atoms with Crippen LogP contribution in [0.3, 0.4) is 0 Å². The molecule has 1 aliphatic rings. The molecule has 1 aromatic carbocycles. The molecule has 1 heterocycles. The Hall–Kier alpha value is -0.900. The molecule has 1 aromatic rings. The molecule has 0 amide bonds. The van der Waals surface area contributed by atoms with Gasteiger partial charge < -0.3 is 10.5 Å². The SMILES string of the molecule is CC1CN(Cc2ccccc2CCN)CCCO1. The van der Waals surface area contributed by atoms with Gasteiger partial charge in [0.15, 0.2) is 0 Å². The molecule has 3 heteroatoms. The molecule has 3 nitrogen and oxygen atoms in total. The molecule has 100 valence electrons. The largest absolute Gasteiger partial charge is 0.377 e. The standard InChI is InChI=1S/C15H24N2O/c1-13-11-17(9-4-10-18-13)12-15-6-3-2-5-14(15)7-8-16/h2-3,5-6,13H,4,7-12,16H2,1H3. The quantitative estimate of drug-likeness (QED) is 0.883. The molecule has 0 spiro atoms. The van der Waals surface area contributed by atoms with E-state index in [0.29, 0.717) is 6.10 Å². The van der Waals surface area contributed by atoms with Crippen molar-refractivity contribution < 1.29 is 4.74 Å². The second kappa shape index (κ2) is 6.88. The molecule has 1 unspecified atom stereocenters. The van der Waals surface area contributed by atoms with E-state index in [1.165, 1.54) is 11.1 Å². The van der Waals surface area contributed by atoms with Crippen LogP contribution in [0.15, 0.2) is 24.3 Å². The van der Waals surface area contributed by atoms with Gasteiger partial charge in [-0.25, -0.2) is 0 Å². The number of hydrogen-bond acceptors (Lipinski definition) is 3. The van der Waals surface area contributed by atoms with Crippen molar-refractivity contribution in [3.05, 3.63) is 35.4 Å². The monoisotopic (exact) mass is 248 g/mol. The topological polar surface area (TPSA) is 38.5 Å². The van der Waals surface area contributed by atoms with Gasteiger partial charge >= 0.3 is 0 Å². The highest BCUT2D eigenvalue weighted by atomic mass is 16.5. The lowest BCUT2D eigenvalue weighted by molar-refractivity contribution is 0.0667. The first kappa shape index (κ1) is 13.5. The van der Waals surface area contributed by atoms with Crippen molar-refractivity contribution in [2.45, 2.75) is 32.4 Å². The van der Waals surface area contributed by atoms with Crippen LogP contribution < -0.4 is 5.73 Å². The number of rotatable bonds is 4. The summed E-state index contributed by atoms with van der Waals surface area (Å²) in [7, 11) is 0. The lowest BCUT2D eigenvalue weighted by Gasteiger charge is -2.23. The Morgan fingerprint density at radius 2 is 2.11 bits per heavy atom. The summed E-state index contributed by atoms with van der Waals surface area (Å²) in [5.41, 5.74) is 8.48. The number of ether oxygens (including phenoxy) is 1. The fourth-order valence-electron chi connectivity index (χ4n) is 2.58. The van der Waals surface area contributed by atoms with Crippen molar-refractivity contribution >= 4 is 0 Å². The van der Waals surface area contributed by atoms with Crippen LogP contribution in [0.4, 0.5) is 0 Å². The Kier molecular flexibility index (Phi) is 5.17. The van der Waals surface area contributed by atoms with E-state index in [4.69, 9.17) is 10.5 Å². The average Bonchev–Trinajstić information content (AvgIpc) is 2.56. The van der Waals surface area contributed by atoms with Crippen LogP contribution in [0.5, 0.6) is 0 Å². The van der Waals surface area contributed by atoms with Crippen molar-refractivity contribution in [1.82, 2.24) is 4.90 Å². The minimum atomic E-state index is 0.342. The number of benzene rings is 1. The van der Waals surface area contributed by atoms with Crippen molar-refractivity contribution in [2.24, 2.45) is 5.73 Å². The summed E-state index contributed by atoms with van der Waals surface area (Å²) in [5, 5.41) is 0. The third kappa shape index (κ3) is 3.80. The number of nitrogens with two attached hydrogens (primary N) is 1. The lowest BCUT2D eigenvalue weighted by atomic mass is 10.0. The van der Waals surface area contributed by atoms with Crippen molar-refractivity contribution in [1.29, 1.82) is 0 Å². The third-order valence-corrected chi connectivity index (χ3v) is 3.46. The minimum Gasteiger partial charge on any atom is -0.377 e. The first-order chi connectivity index (χ1) is 8.79. The summed E-state index contributed by atoms with van der Waals surface area (Å²) in [6.07, 6.45) is 2.44. The Labute approximate surface area is 110 Å². The molecule has 2 N–H and O–H groups in total. The normalized spacial score (nSPS) is 21.8. The van der Waals surface area contributed by atoms with Crippen LogP contribution in [0.25, 0.3) is 0 Å². The van der Waals surface area contributed by atoms with Crippen LogP contribution in [0, 0.1) is 0 Å². The zero-order valence-electron chi connectivity index (χ0n) is 11.3.